The molecule has 0 saturated carbocycles. The van der Waals surface area contributed by atoms with Crippen LogP contribution >= 0.6 is 0 Å². The van der Waals surface area contributed by atoms with Gasteiger partial charge in [-0.2, -0.15) is 0 Å². The molecule has 0 spiro atoms. The first kappa shape index (κ1) is 14.0. The van der Waals surface area contributed by atoms with E-state index < -0.39 is 5.97 Å². The number of carboxylic acid groups (broad SMARTS) is 1. The van der Waals surface area contributed by atoms with Crippen LogP contribution in [-0.2, 0) is 0 Å². The first-order valence-electron chi connectivity index (χ1n) is 6.16. The number of rotatable bonds is 3. The molecule has 2 rings (SSSR count). The van der Waals surface area contributed by atoms with Gasteiger partial charge in [-0.15, -0.1) is 0 Å². The number of aryl methyl sites for hydroxylation is 3. The first-order chi connectivity index (χ1) is 9.43. The number of carboxylic acids is 1. The van der Waals surface area contributed by atoms with Gasteiger partial charge in [0.15, 0.2) is 0 Å². The van der Waals surface area contributed by atoms with Crippen molar-refractivity contribution >= 4 is 5.97 Å². The highest BCUT2D eigenvalue weighted by atomic mass is 16.5. The summed E-state index contributed by atoms with van der Waals surface area (Å²) in [5.74, 6) is 0.0688. The van der Waals surface area contributed by atoms with Gasteiger partial charge in [0, 0.05) is 11.8 Å². The van der Waals surface area contributed by atoms with Crippen molar-refractivity contribution in [2.45, 2.75) is 20.8 Å². The lowest BCUT2D eigenvalue weighted by molar-refractivity contribution is 0.0697. The molecule has 20 heavy (non-hydrogen) atoms. The third-order valence-electron chi connectivity index (χ3n) is 3.21. The number of benzene rings is 1. The maximum Gasteiger partial charge on any atom is 0.339 e. The van der Waals surface area contributed by atoms with Gasteiger partial charge in [-0.3, -0.25) is 0 Å². The Balaban J connectivity index is 2.76. The second-order valence-corrected chi connectivity index (χ2v) is 4.62. The second kappa shape index (κ2) is 5.28. The fourth-order valence-electron chi connectivity index (χ4n) is 1.98. The topological polar surface area (TPSA) is 72.3 Å². The average Bonchev–Trinajstić information content (AvgIpc) is 2.40. The number of aromatic carboxylic acids is 1. The third-order valence-corrected chi connectivity index (χ3v) is 3.21. The molecular formula is C15H16N2O3. The summed E-state index contributed by atoms with van der Waals surface area (Å²) in [6, 6.07) is 3.77. The van der Waals surface area contributed by atoms with Gasteiger partial charge in [0.2, 0.25) is 0 Å². The summed E-state index contributed by atoms with van der Waals surface area (Å²) in [4.78, 5) is 19.6. The monoisotopic (exact) mass is 272 g/mol. The van der Waals surface area contributed by atoms with Gasteiger partial charge in [-0.1, -0.05) is 0 Å². The minimum absolute atomic E-state index is 0.0668. The summed E-state index contributed by atoms with van der Waals surface area (Å²) >= 11 is 0. The molecule has 0 aliphatic rings. The first-order valence-corrected chi connectivity index (χ1v) is 6.16. The van der Waals surface area contributed by atoms with Gasteiger partial charge in [0.25, 0.3) is 0 Å². The predicted octanol–water partition coefficient (Wildman–Crippen LogP) is 2.78. The van der Waals surface area contributed by atoms with Gasteiger partial charge >= 0.3 is 5.97 Å². The molecule has 5 heteroatoms. The molecule has 1 N–H and O–H groups in total. The predicted molar refractivity (Wildman–Crippen MR) is 75.2 cm³/mol. The van der Waals surface area contributed by atoms with Crippen molar-refractivity contribution in [2.75, 3.05) is 7.11 Å². The van der Waals surface area contributed by atoms with Crippen LogP contribution in [0.15, 0.2) is 18.3 Å². The van der Waals surface area contributed by atoms with E-state index in [2.05, 4.69) is 9.97 Å². The fraction of sp³-hybridized carbons (Fsp3) is 0.267. The van der Waals surface area contributed by atoms with Crippen LogP contribution in [0.25, 0.3) is 11.3 Å². The van der Waals surface area contributed by atoms with Crippen molar-refractivity contribution in [1.82, 2.24) is 9.97 Å². The lowest BCUT2D eigenvalue weighted by Gasteiger charge is -2.13. The van der Waals surface area contributed by atoms with Crippen molar-refractivity contribution in [3.63, 3.8) is 0 Å². The molecule has 0 bridgehead atoms. The highest BCUT2D eigenvalue weighted by Gasteiger charge is 2.18. The zero-order chi connectivity index (χ0) is 14.9. The van der Waals surface area contributed by atoms with Gasteiger partial charge in [-0.05, 0) is 44.0 Å². The van der Waals surface area contributed by atoms with E-state index in [-0.39, 0.29) is 5.56 Å². The second-order valence-electron chi connectivity index (χ2n) is 4.62. The molecule has 0 saturated heterocycles. The molecule has 5 nitrogen and oxygen atoms in total. The number of ether oxygens (including phenoxy) is 1. The number of hydrogen-bond acceptors (Lipinski definition) is 4. The van der Waals surface area contributed by atoms with Crippen LogP contribution in [0.1, 0.15) is 27.3 Å². The van der Waals surface area contributed by atoms with Crippen molar-refractivity contribution in [1.29, 1.82) is 0 Å². The summed E-state index contributed by atoms with van der Waals surface area (Å²) in [5, 5.41) is 9.28. The highest BCUT2D eigenvalue weighted by molar-refractivity contribution is 5.95. The van der Waals surface area contributed by atoms with E-state index in [1.165, 1.54) is 6.20 Å². The molecule has 104 valence electrons. The van der Waals surface area contributed by atoms with Crippen molar-refractivity contribution in [3.05, 3.63) is 40.8 Å². The Hall–Kier alpha value is -2.43. The molecule has 0 aliphatic carbocycles. The Morgan fingerprint density at radius 3 is 2.45 bits per heavy atom. The number of aromatic nitrogens is 2. The molecule has 1 aromatic heterocycles. The van der Waals surface area contributed by atoms with Crippen molar-refractivity contribution in [3.8, 4) is 17.0 Å². The summed E-state index contributed by atoms with van der Waals surface area (Å²) in [6.45, 7) is 5.67. The molecule has 0 radical (unpaired) electrons. The van der Waals surface area contributed by atoms with E-state index in [1.54, 1.807) is 14.0 Å². The van der Waals surface area contributed by atoms with Crippen LogP contribution in [0.2, 0.25) is 0 Å². The minimum Gasteiger partial charge on any atom is -0.496 e. The Morgan fingerprint density at radius 2 is 1.85 bits per heavy atom. The lowest BCUT2D eigenvalue weighted by atomic mass is 10.00. The molecule has 0 unspecified atom stereocenters. The van der Waals surface area contributed by atoms with Gasteiger partial charge in [-0.25, -0.2) is 14.8 Å². The molecule has 0 aliphatic heterocycles. The number of hydrogen-bond donors (Lipinski definition) is 1. The maximum atomic E-state index is 11.3. The number of carbonyl (C=O) groups is 1. The van der Waals surface area contributed by atoms with Gasteiger partial charge in [0.1, 0.15) is 17.1 Å². The van der Waals surface area contributed by atoms with Crippen molar-refractivity contribution < 1.29 is 14.6 Å². The van der Waals surface area contributed by atoms with Crippen LogP contribution < -0.4 is 4.74 Å². The van der Waals surface area contributed by atoms with Gasteiger partial charge < -0.3 is 9.84 Å². The van der Waals surface area contributed by atoms with E-state index in [4.69, 9.17) is 4.74 Å². The largest absolute Gasteiger partial charge is 0.496 e. The Morgan fingerprint density at radius 1 is 1.20 bits per heavy atom. The Labute approximate surface area is 117 Å². The highest BCUT2D eigenvalue weighted by Crippen LogP contribution is 2.33. The normalized spacial score (nSPS) is 10.4. The fourth-order valence-corrected chi connectivity index (χ4v) is 1.98. The van der Waals surface area contributed by atoms with E-state index in [1.807, 2.05) is 26.0 Å². The van der Waals surface area contributed by atoms with E-state index >= 15 is 0 Å². The van der Waals surface area contributed by atoms with E-state index in [0.29, 0.717) is 22.8 Å². The molecule has 0 atom stereocenters. The molecular weight excluding hydrogens is 256 g/mol. The Kier molecular flexibility index (Phi) is 3.70. The SMILES string of the molecule is COc1cc(C)c(C)cc1-c1nc(C)ncc1C(=O)O. The van der Waals surface area contributed by atoms with Crippen LogP contribution in [0.4, 0.5) is 0 Å². The minimum atomic E-state index is -1.06. The standard InChI is InChI=1S/C15H16N2O3/c1-8-5-11(13(20-4)6-9(8)2)14-12(15(18)19)7-16-10(3)17-14/h5-7H,1-4H3,(H,18,19). The summed E-state index contributed by atoms with van der Waals surface area (Å²) in [5.41, 5.74) is 3.24. The van der Waals surface area contributed by atoms with Gasteiger partial charge in [0.05, 0.1) is 12.8 Å². The van der Waals surface area contributed by atoms with Crippen LogP contribution in [-0.4, -0.2) is 28.2 Å². The van der Waals surface area contributed by atoms with E-state index in [0.717, 1.165) is 11.1 Å². The zero-order valence-electron chi connectivity index (χ0n) is 11.9. The molecule has 0 fully saturated rings. The average molecular weight is 272 g/mol. The van der Waals surface area contributed by atoms with Crippen LogP contribution in [0, 0.1) is 20.8 Å². The lowest BCUT2D eigenvalue weighted by Crippen LogP contribution is -2.05. The third kappa shape index (κ3) is 2.47. The Bertz CT molecular complexity index is 681. The van der Waals surface area contributed by atoms with Crippen LogP contribution in [0.5, 0.6) is 5.75 Å². The quantitative estimate of drug-likeness (QED) is 0.930. The maximum absolute atomic E-state index is 11.3. The summed E-state index contributed by atoms with van der Waals surface area (Å²) < 4.78 is 5.36. The summed E-state index contributed by atoms with van der Waals surface area (Å²) in [7, 11) is 1.56. The molecule has 1 heterocycles. The van der Waals surface area contributed by atoms with E-state index in [9.17, 15) is 9.90 Å². The molecule has 2 aromatic rings. The number of nitrogens with zero attached hydrogens (tertiary/aromatic N) is 2. The summed E-state index contributed by atoms with van der Waals surface area (Å²) in [6.07, 6.45) is 1.33. The molecule has 0 amide bonds. The molecule has 1 aromatic carbocycles. The van der Waals surface area contributed by atoms with Crippen molar-refractivity contribution in [2.24, 2.45) is 0 Å². The van der Waals surface area contributed by atoms with Crippen LogP contribution in [0.3, 0.4) is 0 Å². The number of methoxy groups -OCH3 is 1. The smallest absolute Gasteiger partial charge is 0.339 e. The zero-order valence-corrected chi connectivity index (χ0v) is 11.9.